The summed E-state index contributed by atoms with van der Waals surface area (Å²) in [6.45, 7) is 4.33. The Bertz CT molecular complexity index is 587. The van der Waals surface area contributed by atoms with Gasteiger partial charge < -0.3 is 9.88 Å². The van der Waals surface area contributed by atoms with Gasteiger partial charge in [0.1, 0.15) is 4.60 Å². The first-order chi connectivity index (χ1) is 8.66. The SMILES string of the molecule is Cc1nc(Br)cc2c(I)cn(C3CCNCC3)c12. The van der Waals surface area contributed by atoms with Crippen molar-refractivity contribution in [1.82, 2.24) is 14.9 Å². The normalized spacial score (nSPS) is 17.5. The Morgan fingerprint density at radius 3 is 2.89 bits per heavy atom. The van der Waals surface area contributed by atoms with Crippen LogP contribution in [0.25, 0.3) is 10.9 Å². The molecule has 0 amide bonds. The number of hydrogen-bond donors (Lipinski definition) is 1. The lowest BCUT2D eigenvalue weighted by molar-refractivity contribution is 0.375. The molecular weight excluding hydrogens is 405 g/mol. The largest absolute Gasteiger partial charge is 0.342 e. The minimum absolute atomic E-state index is 0.610. The first-order valence-electron chi connectivity index (χ1n) is 6.20. The molecular formula is C13H15BrIN3. The zero-order chi connectivity index (χ0) is 12.7. The highest BCUT2D eigenvalue weighted by Gasteiger charge is 2.19. The van der Waals surface area contributed by atoms with E-state index in [0.29, 0.717) is 6.04 Å². The zero-order valence-corrected chi connectivity index (χ0v) is 14.0. The van der Waals surface area contributed by atoms with Crippen molar-refractivity contribution in [2.75, 3.05) is 13.1 Å². The highest BCUT2D eigenvalue weighted by molar-refractivity contribution is 14.1. The van der Waals surface area contributed by atoms with Gasteiger partial charge in [0.15, 0.2) is 0 Å². The zero-order valence-electron chi connectivity index (χ0n) is 10.2. The Kier molecular flexibility index (Phi) is 3.64. The molecule has 5 heteroatoms. The molecule has 0 spiro atoms. The molecule has 3 nitrogen and oxygen atoms in total. The molecule has 18 heavy (non-hydrogen) atoms. The van der Waals surface area contributed by atoms with Crippen LogP contribution >= 0.6 is 38.5 Å². The third-order valence-electron chi connectivity index (χ3n) is 3.61. The monoisotopic (exact) mass is 419 g/mol. The smallest absolute Gasteiger partial charge is 0.107 e. The molecule has 1 saturated heterocycles. The Labute approximate surface area is 129 Å². The molecule has 1 aliphatic rings. The van der Waals surface area contributed by atoms with Crippen molar-refractivity contribution >= 4 is 49.4 Å². The Hall–Kier alpha value is -0.140. The van der Waals surface area contributed by atoms with Crippen LogP contribution in [-0.4, -0.2) is 22.6 Å². The van der Waals surface area contributed by atoms with Gasteiger partial charge in [-0.3, -0.25) is 0 Å². The lowest BCUT2D eigenvalue weighted by Gasteiger charge is -2.25. The molecule has 2 aromatic heterocycles. The molecule has 0 atom stereocenters. The van der Waals surface area contributed by atoms with Crippen LogP contribution in [-0.2, 0) is 0 Å². The van der Waals surface area contributed by atoms with Crippen LogP contribution in [0.15, 0.2) is 16.9 Å². The Morgan fingerprint density at radius 1 is 1.44 bits per heavy atom. The molecule has 0 radical (unpaired) electrons. The molecule has 0 aliphatic carbocycles. The summed E-state index contributed by atoms with van der Waals surface area (Å²) in [7, 11) is 0. The quantitative estimate of drug-likeness (QED) is 0.565. The number of hydrogen-bond acceptors (Lipinski definition) is 2. The van der Waals surface area contributed by atoms with E-state index in [1.54, 1.807) is 0 Å². The van der Waals surface area contributed by atoms with Gasteiger partial charge in [-0.05, 0) is 77.4 Å². The van der Waals surface area contributed by atoms with Crippen molar-refractivity contribution in [3.05, 3.63) is 26.1 Å². The number of aromatic nitrogens is 2. The van der Waals surface area contributed by atoms with Gasteiger partial charge in [-0.25, -0.2) is 4.98 Å². The number of fused-ring (bicyclic) bond motifs is 1. The van der Waals surface area contributed by atoms with Crippen LogP contribution in [0.5, 0.6) is 0 Å². The minimum atomic E-state index is 0.610. The number of halogens is 2. The number of aryl methyl sites for hydroxylation is 1. The fourth-order valence-corrected chi connectivity index (χ4v) is 3.97. The first kappa shape index (κ1) is 12.9. The fourth-order valence-electron chi connectivity index (χ4n) is 2.76. The molecule has 1 fully saturated rings. The summed E-state index contributed by atoms with van der Waals surface area (Å²) in [4.78, 5) is 4.55. The number of nitrogens with zero attached hydrogens (tertiary/aromatic N) is 2. The van der Waals surface area contributed by atoms with Crippen molar-refractivity contribution in [1.29, 1.82) is 0 Å². The molecule has 0 unspecified atom stereocenters. The third-order valence-corrected chi connectivity index (χ3v) is 4.87. The van der Waals surface area contributed by atoms with Gasteiger partial charge in [-0.1, -0.05) is 0 Å². The van der Waals surface area contributed by atoms with Crippen molar-refractivity contribution in [3.63, 3.8) is 0 Å². The molecule has 0 aromatic carbocycles. The van der Waals surface area contributed by atoms with Gasteiger partial charge in [0.25, 0.3) is 0 Å². The third kappa shape index (κ3) is 2.20. The first-order valence-corrected chi connectivity index (χ1v) is 8.08. The maximum atomic E-state index is 4.55. The molecule has 0 bridgehead atoms. The Balaban J connectivity index is 2.17. The molecule has 3 heterocycles. The molecule has 1 N–H and O–H groups in total. The fraction of sp³-hybridized carbons (Fsp3) is 0.462. The topological polar surface area (TPSA) is 29.9 Å². The van der Waals surface area contributed by atoms with E-state index in [1.165, 1.54) is 27.3 Å². The van der Waals surface area contributed by atoms with Gasteiger partial charge in [-0.15, -0.1) is 0 Å². The summed E-state index contributed by atoms with van der Waals surface area (Å²) in [6.07, 6.45) is 4.69. The van der Waals surface area contributed by atoms with Crippen molar-refractivity contribution < 1.29 is 0 Å². The number of pyridine rings is 1. The molecule has 96 valence electrons. The van der Waals surface area contributed by atoms with Gasteiger partial charge >= 0.3 is 0 Å². The van der Waals surface area contributed by atoms with E-state index in [-0.39, 0.29) is 0 Å². The van der Waals surface area contributed by atoms with E-state index in [0.717, 1.165) is 23.4 Å². The molecule has 1 aliphatic heterocycles. The average molecular weight is 420 g/mol. The van der Waals surface area contributed by atoms with Crippen LogP contribution in [0.4, 0.5) is 0 Å². The minimum Gasteiger partial charge on any atom is -0.342 e. The second kappa shape index (κ2) is 5.09. The second-order valence-corrected chi connectivity index (χ2v) is 6.77. The summed E-state index contributed by atoms with van der Waals surface area (Å²) in [5, 5.41) is 4.74. The van der Waals surface area contributed by atoms with E-state index in [1.807, 2.05) is 0 Å². The van der Waals surface area contributed by atoms with Crippen molar-refractivity contribution in [2.45, 2.75) is 25.8 Å². The van der Waals surface area contributed by atoms with Gasteiger partial charge in [0, 0.05) is 21.2 Å². The maximum absolute atomic E-state index is 4.55. The lowest BCUT2D eigenvalue weighted by atomic mass is 10.1. The molecule has 0 saturated carbocycles. The number of rotatable bonds is 1. The van der Waals surface area contributed by atoms with E-state index >= 15 is 0 Å². The summed E-state index contributed by atoms with van der Waals surface area (Å²) >= 11 is 5.91. The van der Waals surface area contributed by atoms with E-state index in [9.17, 15) is 0 Å². The van der Waals surface area contributed by atoms with E-state index in [4.69, 9.17) is 0 Å². The van der Waals surface area contributed by atoms with E-state index in [2.05, 4.69) is 72.6 Å². The lowest BCUT2D eigenvalue weighted by Crippen LogP contribution is -2.29. The average Bonchev–Trinajstić information content (AvgIpc) is 2.68. The highest BCUT2D eigenvalue weighted by atomic mass is 127. The van der Waals surface area contributed by atoms with E-state index < -0.39 is 0 Å². The summed E-state index contributed by atoms with van der Waals surface area (Å²) in [6, 6.07) is 2.74. The van der Waals surface area contributed by atoms with Crippen LogP contribution in [0.2, 0.25) is 0 Å². The predicted octanol–water partition coefficient (Wildman–Crippen LogP) is 3.64. The summed E-state index contributed by atoms with van der Waals surface area (Å²) in [5.41, 5.74) is 2.41. The van der Waals surface area contributed by atoms with Crippen LogP contribution in [0.3, 0.4) is 0 Å². The molecule has 3 rings (SSSR count). The van der Waals surface area contributed by atoms with Crippen molar-refractivity contribution in [2.24, 2.45) is 0 Å². The number of piperidine rings is 1. The number of nitrogens with one attached hydrogen (secondary N) is 1. The summed E-state index contributed by atoms with van der Waals surface area (Å²) < 4.78 is 4.67. The van der Waals surface area contributed by atoms with Gasteiger partial charge in [0.2, 0.25) is 0 Å². The van der Waals surface area contributed by atoms with Gasteiger partial charge in [-0.2, -0.15) is 0 Å². The maximum Gasteiger partial charge on any atom is 0.107 e. The van der Waals surface area contributed by atoms with Gasteiger partial charge in [0.05, 0.1) is 11.2 Å². The predicted molar refractivity (Wildman–Crippen MR) is 86.0 cm³/mol. The Morgan fingerprint density at radius 2 is 2.17 bits per heavy atom. The summed E-state index contributed by atoms with van der Waals surface area (Å²) in [5.74, 6) is 0. The second-order valence-electron chi connectivity index (χ2n) is 4.79. The highest BCUT2D eigenvalue weighted by Crippen LogP contribution is 2.32. The standard InChI is InChI=1S/C13H15BrIN3/c1-8-13-10(6-12(14)17-8)11(15)7-18(13)9-2-4-16-5-3-9/h6-7,9,16H,2-5H2,1H3. The molecule has 2 aromatic rings. The van der Waals surface area contributed by atoms with Crippen molar-refractivity contribution in [3.8, 4) is 0 Å². The van der Waals surface area contributed by atoms with Crippen LogP contribution < -0.4 is 5.32 Å². The van der Waals surface area contributed by atoms with Crippen LogP contribution in [0, 0.1) is 10.5 Å². The van der Waals surface area contributed by atoms with Crippen LogP contribution in [0.1, 0.15) is 24.6 Å².